The van der Waals surface area contributed by atoms with Gasteiger partial charge in [-0.1, -0.05) is 24.3 Å². The van der Waals surface area contributed by atoms with Crippen molar-refractivity contribution in [2.24, 2.45) is 0 Å². The largest absolute Gasteiger partial charge is 0.494 e. The van der Waals surface area contributed by atoms with Gasteiger partial charge in [0.05, 0.1) is 18.9 Å². The van der Waals surface area contributed by atoms with Crippen molar-refractivity contribution >= 4 is 11.6 Å². The molecule has 28 heavy (non-hydrogen) atoms. The van der Waals surface area contributed by atoms with Crippen LogP contribution in [-0.2, 0) is 11.3 Å². The molecule has 0 saturated carbocycles. The van der Waals surface area contributed by atoms with E-state index in [2.05, 4.69) is 5.32 Å². The lowest BCUT2D eigenvalue weighted by molar-refractivity contribution is 0.102. The Morgan fingerprint density at radius 3 is 2.43 bits per heavy atom. The predicted molar refractivity (Wildman–Crippen MR) is 109 cm³/mol. The summed E-state index contributed by atoms with van der Waals surface area (Å²) in [5, 5.41) is 2.92. The summed E-state index contributed by atoms with van der Waals surface area (Å²) in [5.74, 6) is 1.80. The Kier molecular flexibility index (Phi) is 6.65. The first-order valence-corrected chi connectivity index (χ1v) is 9.08. The maximum atomic E-state index is 12.7. The Balaban J connectivity index is 1.74. The minimum atomic E-state index is -0.208. The minimum Gasteiger partial charge on any atom is -0.494 e. The van der Waals surface area contributed by atoms with Crippen molar-refractivity contribution in [1.29, 1.82) is 0 Å². The van der Waals surface area contributed by atoms with E-state index >= 15 is 0 Å². The molecule has 5 nitrogen and oxygen atoms in total. The van der Waals surface area contributed by atoms with Gasteiger partial charge in [-0.25, -0.2) is 0 Å². The van der Waals surface area contributed by atoms with Crippen molar-refractivity contribution in [1.82, 2.24) is 0 Å². The second kappa shape index (κ2) is 9.58. The summed E-state index contributed by atoms with van der Waals surface area (Å²) >= 11 is 0. The summed E-state index contributed by atoms with van der Waals surface area (Å²) in [6.45, 7) is 3.01. The van der Waals surface area contributed by atoms with Crippen LogP contribution in [0.1, 0.15) is 22.8 Å². The summed E-state index contributed by atoms with van der Waals surface area (Å²) in [7, 11) is 1.63. The molecule has 0 spiro atoms. The van der Waals surface area contributed by atoms with Crippen LogP contribution in [0.15, 0.2) is 72.8 Å². The third kappa shape index (κ3) is 5.11. The molecule has 0 aliphatic carbocycles. The molecule has 0 saturated heterocycles. The van der Waals surface area contributed by atoms with Crippen molar-refractivity contribution in [3.63, 3.8) is 0 Å². The molecule has 0 bridgehead atoms. The molecule has 0 atom stereocenters. The topological polar surface area (TPSA) is 56.8 Å². The molecule has 1 amide bonds. The van der Waals surface area contributed by atoms with E-state index in [9.17, 15) is 4.79 Å². The number of benzene rings is 3. The second-order valence-electron chi connectivity index (χ2n) is 6.09. The molecule has 1 N–H and O–H groups in total. The fourth-order valence-electron chi connectivity index (χ4n) is 2.72. The predicted octanol–water partition coefficient (Wildman–Crippen LogP) is 5.28. The quantitative estimate of drug-likeness (QED) is 0.580. The van der Waals surface area contributed by atoms with Crippen molar-refractivity contribution in [3.8, 4) is 17.2 Å². The van der Waals surface area contributed by atoms with E-state index in [4.69, 9.17) is 14.2 Å². The first-order valence-electron chi connectivity index (χ1n) is 9.08. The lowest BCUT2D eigenvalue weighted by Gasteiger charge is -2.13. The molecular formula is C23H23NO4. The van der Waals surface area contributed by atoms with Gasteiger partial charge in [0.15, 0.2) is 5.75 Å². The van der Waals surface area contributed by atoms with E-state index in [0.29, 0.717) is 36.0 Å². The summed E-state index contributed by atoms with van der Waals surface area (Å²) in [5.41, 5.74) is 2.10. The van der Waals surface area contributed by atoms with Gasteiger partial charge in [-0.05, 0) is 61.0 Å². The summed E-state index contributed by atoms with van der Waals surface area (Å²) < 4.78 is 16.5. The molecule has 0 heterocycles. The molecule has 5 heteroatoms. The maximum absolute atomic E-state index is 12.7. The van der Waals surface area contributed by atoms with Crippen LogP contribution in [0, 0.1) is 0 Å². The van der Waals surface area contributed by atoms with E-state index < -0.39 is 0 Å². The minimum absolute atomic E-state index is 0.208. The van der Waals surface area contributed by atoms with E-state index in [-0.39, 0.29) is 5.91 Å². The monoisotopic (exact) mass is 377 g/mol. The number of nitrogens with one attached hydrogen (secondary N) is 1. The zero-order valence-corrected chi connectivity index (χ0v) is 16.0. The summed E-state index contributed by atoms with van der Waals surface area (Å²) in [6.07, 6.45) is 0. The van der Waals surface area contributed by atoms with Gasteiger partial charge < -0.3 is 19.5 Å². The number of methoxy groups -OCH3 is 1. The van der Waals surface area contributed by atoms with Crippen molar-refractivity contribution in [2.45, 2.75) is 13.5 Å². The van der Waals surface area contributed by atoms with Crippen LogP contribution >= 0.6 is 0 Å². The Labute approximate surface area is 164 Å². The lowest BCUT2D eigenvalue weighted by atomic mass is 10.1. The molecule has 0 aromatic heterocycles. The smallest absolute Gasteiger partial charge is 0.255 e. The zero-order valence-electron chi connectivity index (χ0n) is 16.0. The van der Waals surface area contributed by atoms with E-state index in [0.717, 1.165) is 11.3 Å². The van der Waals surface area contributed by atoms with Gasteiger partial charge in [0.25, 0.3) is 5.91 Å². The van der Waals surface area contributed by atoms with Crippen molar-refractivity contribution in [3.05, 3.63) is 83.9 Å². The Bertz CT molecular complexity index is 922. The molecule has 3 rings (SSSR count). The molecule has 144 valence electrons. The fourth-order valence-corrected chi connectivity index (χ4v) is 2.72. The van der Waals surface area contributed by atoms with Gasteiger partial charge in [0.2, 0.25) is 0 Å². The highest BCUT2D eigenvalue weighted by Gasteiger charge is 2.11. The maximum Gasteiger partial charge on any atom is 0.255 e. The number of hydrogen-bond acceptors (Lipinski definition) is 4. The van der Waals surface area contributed by atoms with E-state index in [1.807, 2.05) is 67.6 Å². The van der Waals surface area contributed by atoms with E-state index in [1.54, 1.807) is 19.2 Å². The molecule has 0 aliphatic rings. The van der Waals surface area contributed by atoms with Gasteiger partial charge in [-0.15, -0.1) is 0 Å². The van der Waals surface area contributed by atoms with Crippen LogP contribution in [-0.4, -0.2) is 19.6 Å². The Hall–Kier alpha value is -3.31. The van der Waals surface area contributed by atoms with Gasteiger partial charge in [0.1, 0.15) is 11.5 Å². The number of amides is 1. The molecule has 0 unspecified atom stereocenters. The molecular weight excluding hydrogens is 354 g/mol. The highest BCUT2D eigenvalue weighted by molar-refractivity contribution is 6.05. The molecule has 3 aromatic carbocycles. The van der Waals surface area contributed by atoms with Gasteiger partial charge in [0, 0.05) is 12.7 Å². The Morgan fingerprint density at radius 1 is 0.929 bits per heavy atom. The average Bonchev–Trinajstić information content (AvgIpc) is 2.71. The second-order valence-corrected chi connectivity index (χ2v) is 6.09. The van der Waals surface area contributed by atoms with Crippen LogP contribution in [0.3, 0.4) is 0 Å². The number of rotatable bonds is 8. The van der Waals surface area contributed by atoms with Crippen molar-refractivity contribution < 1.29 is 19.0 Å². The van der Waals surface area contributed by atoms with Crippen LogP contribution in [0.5, 0.6) is 17.2 Å². The average molecular weight is 377 g/mol. The number of hydrogen-bond donors (Lipinski definition) is 1. The van der Waals surface area contributed by atoms with Crippen LogP contribution < -0.4 is 14.8 Å². The third-order valence-corrected chi connectivity index (χ3v) is 4.00. The van der Waals surface area contributed by atoms with Gasteiger partial charge >= 0.3 is 0 Å². The number of carbonyl (C=O) groups is 1. The third-order valence-electron chi connectivity index (χ3n) is 4.00. The van der Waals surface area contributed by atoms with Gasteiger partial charge in [-0.3, -0.25) is 4.79 Å². The molecule has 0 aliphatic heterocycles. The number of carbonyl (C=O) groups excluding carboxylic acids is 1. The summed E-state index contributed by atoms with van der Waals surface area (Å²) in [4.78, 5) is 12.7. The number of anilines is 1. The first-order chi connectivity index (χ1) is 13.7. The summed E-state index contributed by atoms with van der Waals surface area (Å²) in [6, 6.07) is 22.0. The number of para-hydroxylation sites is 2. The molecule has 0 fully saturated rings. The highest BCUT2D eigenvalue weighted by Crippen LogP contribution is 2.30. The lowest BCUT2D eigenvalue weighted by Crippen LogP contribution is -2.12. The molecule has 3 aromatic rings. The van der Waals surface area contributed by atoms with E-state index in [1.165, 1.54) is 0 Å². The van der Waals surface area contributed by atoms with Gasteiger partial charge in [-0.2, -0.15) is 0 Å². The number of ether oxygens (including phenoxy) is 3. The fraction of sp³-hybridized carbons (Fsp3) is 0.174. The molecule has 0 radical (unpaired) electrons. The van der Waals surface area contributed by atoms with Crippen molar-refractivity contribution in [2.75, 3.05) is 19.0 Å². The standard InChI is InChI=1S/C23H23NO4/c1-3-27-19-11-13-20(14-12-19)28-22-10-5-4-9-21(22)24-23(25)18-8-6-7-17(15-18)16-26-2/h4-15H,3,16H2,1-2H3,(H,24,25). The Morgan fingerprint density at radius 2 is 1.68 bits per heavy atom. The zero-order chi connectivity index (χ0) is 19.8. The normalized spacial score (nSPS) is 10.4. The van der Waals surface area contributed by atoms with Crippen LogP contribution in [0.2, 0.25) is 0 Å². The van der Waals surface area contributed by atoms with Crippen LogP contribution in [0.4, 0.5) is 5.69 Å². The highest BCUT2D eigenvalue weighted by atomic mass is 16.5. The van der Waals surface area contributed by atoms with Crippen LogP contribution in [0.25, 0.3) is 0 Å². The first kappa shape index (κ1) is 19.5. The SMILES string of the molecule is CCOc1ccc(Oc2ccccc2NC(=O)c2cccc(COC)c2)cc1.